The number of benzene rings is 1. The van der Waals surface area contributed by atoms with Gasteiger partial charge in [-0.15, -0.1) is 0 Å². The van der Waals surface area contributed by atoms with Gasteiger partial charge in [0.25, 0.3) is 0 Å². The van der Waals surface area contributed by atoms with Crippen LogP contribution in [0.15, 0.2) is 42.6 Å². The molecule has 3 aromatic rings. The molecule has 4 heteroatoms. The smallest absolute Gasteiger partial charge is 0.163 e. The monoisotopic (exact) mass is 276 g/mol. The van der Waals surface area contributed by atoms with Gasteiger partial charge in [0, 0.05) is 17.3 Å². The minimum atomic E-state index is 0.692. The molecule has 0 aliphatic carbocycles. The fourth-order valence-electron chi connectivity index (χ4n) is 2.32. The van der Waals surface area contributed by atoms with Gasteiger partial charge in [-0.2, -0.15) is 0 Å². The van der Waals surface area contributed by atoms with Crippen LogP contribution in [-0.2, 0) is 0 Å². The maximum atomic E-state index is 4.47. The molecule has 3 rings (SSSR count). The first-order valence-electron chi connectivity index (χ1n) is 6.85. The minimum absolute atomic E-state index is 0.692. The van der Waals surface area contributed by atoms with Crippen LogP contribution in [0.4, 0.5) is 0 Å². The molecule has 0 N–H and O–H groups in total. The molecule has 0 atom stereocenters. The van der Waals surface area contributed by atoms with E-state index in [1.165, 1.54) is 5.56 Å². The van der Waals surface area contributed by atoms with Crippen molar-refractivity contribution in [2.45, 2.75) is 20.8 Å². The maximum absolute atomic E-state index is 4.47. The standard InChI is InChI=1S/C17H16N4/c1-11-6-4-5-7-15(11)16-10-14(8-9-18-16)17-20-12(2)19-13(3)21-17/h4-10H,1-3H3. The van der Waals surface area contributed by atoms with Crippen LogP contribution in [0.5, 0.6) is 0 Å². The summed E-state index contributed by atoms with van der Waals surface area (Å²) in [7, 11) is 0. The Kier molecular flexibility index (Phi) is 3.44. The number of aromatic nitrogens is 4. The molecule has 0 saturated carbocycles. The Bertz CT molecular complexity index is 776. The van der Waals surface area contributed by atoms with Crippen LogP contribution in [0.25, 0.3) is 22.6 Å². The van der Waals surface area contributed by atoms with Gasteiger partial charge in [-0.3, -0.25) is 4.98 Å². The van der Waals surface area contributed by atoms with Gasteiger partial charge in [0.1, 0.15) is 11.6 Å². The molecule has 0 aliphatic rings. The van der Waals surface area contributed by atoms with E-state index in [4.69, 9.17) is 0 Å². The van der Waals surface area contributed by atoms with E-state index in [0.717, 1.165) is 28.5 Å². The normalized spacial score (nSPS) is 10.6. The fraction of sp³-hybridized carbons (Fsp3) is 0.176. The van der Waals surface area contributed by atoms with Crippen molar-refractivity contribution in [3.63, 3.8) is 0 Å². The first kappa shape index (κ1) is 13.4. The van der Waals surface area contributed by atoms with Gasteiger partial charge in [-0.05, 0) is 38.5 Å². The summed E-state index contributed by atoms with van der Waals surface area (Å²) >= 11 is 0. The third-order valence-electron chi connectivity index (χ3n) is 3.30. The Morgan fingerprint density at radius 1 is 0.810 bits per heavy atom. The van der Waals surface area contributed by atoms with Crippen LogP contribution in [0.3, 0.4) is 0 Å². The van der Waals surface area contributed by atoms with Crippen LogP contribution in [0.2, 0.25) is 0 Å². The number of hydrogen-bond donors (Lipinski definition) is 0. The van der Waals surface area contributed by atoms with E-state index >= 15 is 0 Å². The van der Waals surface area contributed by atoms with E-state index in [0.29, 0.717) is 5.82 Å². The summed E-state index contributed by atoms with van der Waals surface area (Å²) in [4.78, 5) is 17.5. The molecular weight excluding hydrogens is 260 g/mol. The lowest BCUT2D eigenvalue weighted by molar-refractivity contribution is 0.928. The Hall–Kier alpha value is -2.62. The summed E-state index contributed by atoms with van der Waals surface area (Å²) < 4.78 is 0. The highest BCUT2D eigenvalue weighted by Crippen LogP contribution is 2.24. The molecule has 2 heterocycles. The predicted molar refractivity (Wildman–Crippen MR) is 82.7 cm³/mol. The van der Waals surface area contributed by atoms with Gasteiger partial charge in [0.05, 0.1) is 5.69 Å². The molecule has 0 spiro atoms. The van der Waals surface area contributed by atoms with Crippen LogP contribution < -0.4 is 0 Å². The first-order chi connectivity index (χ1) is 10.1. The third kappa shape index (κ3) is 2.79. The molecule has 0 radical (unpaired) electrons. The molecule has 0 unspecified atom stereocenters. The lowest BCUT2D eigenvalue weighted by Crippen LogP contribution is -1.99. The second-order valence-corrected chi connectivity index (χ2v) is 5.00. The molecule has 0 amide bonds. The second-order valence-electron chi connectivity index (χ2n) is 5.00. The third-order valence-corrected chi connectivity index (χ3v) is 3.30. The van der Waals surface area contributed by atoms with Gasteiger partial charge in [-0.1, -0.05) is 24.3 Å². The maximum Gasteiger partial charge on any atom is 0.163 e. The summed E-state index contributed by atoms with van der Waals surface area (Å²) in [5, 5.41) is 0. The Morgan fingerprint density at radius 3 is 2.24 bits per heavy atom. The van der Waals surface area contributed by atoms with Gasteiger partial charge >= 0.3 is 0 Å². The molecule has 104 valence electrons. The van der Waals surface area contributed by atoms with E-state index < -0.39 is 0 Å². The molecule has 4 nitrogen and oxygen atoms in total. The van der Waals surface area contributed by atoms with Crippen LogP contribution in [0, 0.1) is 20.8 Å². The minimum Gasteiger partial charge on any atom is -0.256 e. The van der Waals surface area contributed by atoms with Gasteiger partial charge in [0.15, 0.2) is 5.82 Å². The summed E-state index contributed by atoms with van der Waals surface area (Å²) in [6, 6.07) is 12.2. The molecule has 1 aromatic carbocycles. The zero-order chi connectivity index (χ0) is 14.8. The summed E-state index contributed by atoms with van der Waals surface area (Å²) in [5.74, 6) is 2.15. The Balaban J connectivity index is 2.10. The van der Waals surface area contributed by atoms with Crippen LogP contribution in [-0.4, -0.2) is 19.9 Å². The Morgan fingerprint density at radius 2 is 1.52 bits per heavy atom. The largest absolute Gasteiger partial charge is 0.256 e. The predicted octanol–water partition coefficient (Wildman–Crippen LogP) is 3.53. The molecule has 0 aliphatic heterocycles. The number of aryl methyl sites for hydroxylation is 3. The average molecular weight is 276 g/mol. The fourth-order valence-corrected chi connectivity index (χ4v) is 2.32. The zero-order valence-corrected chi connectivity index (χ0v) is 12.3. The zero-order valence-electron chi connectivity index (χ0n) is 12.3. The first-order valence-corrected chi connectivity index (χ1v) is 6.85. The number of rotatable bonds is 2. The van der Waals surface area contributed by atoms with Crippen molar-refractivity contribution in [3.05, 3.63) is 59.8 Å². The molecule has 2 aromatic heterocycles. The number of hydrogen-bond acceptors (Lipinski definition) is 4. The molecule has 0 bridgehead atoms. The lowest BCUT2D eigenvalue weighted by atomic mass is 10.0. The number of nitrogens with zero attached hydrogens (tertiary/aromatic N) is 4. The quantitative estimate of drug-likeness (QED) is 0.718. The van der Waals surface area contributed by atoms with Crippen LogP contribution in [0.1, 0.15) is 17.2 Å². The van der Waals surface area contributed by atoms with E-state index in [2.05, 4.69) is 39.0 Å². The van der Waals surface area contributed by atoms with E-state index in [1.807, 2.05) is 38.1 Å². The second kappa shape index (κ2) is 5.40. The van der Waals surface area contributed by atoms with Crippen molar-refractivity contribution in [2.24, 2.45) is 0 Å². The molecule has 21 heavy (non-hydrogen) atoms. The van der Waals surface area contributed by atoms with Gasteiger partial charge in [-0.25, -0.2) is 15.0 Å². The Labute approximate surface area is 124 Å². The average Bonchev–Trinajstić information content (AvgIpc) is 2.47. The number of pyridine rings is 1. The highest BCUT2D eigenvalue weighted by atomic mass is 15.0. The molecular formula is C17H16N4. The highest BCUT2D eigenvalue weighted by Gasteiger charge is 2.08. The summed E-state index contributed by atoms with van der Waals surface area (Å²) in [5.41, 5.74) is 4.21. The van der Waals surface area contributed by atoms with Crippen LogP contribution >= 0.6 is 0 Å². The van der Waals surface area contributed by atoms with E-state index in [-0.39, 0.29) is 0 Å². The van der Waals surface area contributed by atoms with Crippen molar-refractivity contribution < 1.29 is 0 Å². The van der Waals surface area contributed by atoms with Crippen molar-refractivity contribution in [3.8, 4) is 22.6 Å². The van der Waals surface area contributed by atoms with E-state index in [9.17, 15) is 0 Å². The van der Waals surface area contributed by atoms with Crippen molar-refractivity contribution >= 4 is 0 Å². The van der Waals surface area contributed by atoms with Gasteiger partial charge < -0.3 is 0 Å². The molecule has 0 fully saturated rings. The van der Waals surface area contributed by atoms with E-state index in [1.54, 1.807) is 6.20 Å². The lowest BCUT2D eigenvalue weighted by Gasteiger charge is -2.07. The highest BCUT2D eigenvalue weighted by molar-refractivity contribution is 5.68. The summed E-state index contributed by atoms with van der Waals surface area (Å²) in [6.45, 7) is 5.84. The SMILES string of the molecule is Cc1nc(C)nc(-c2ccnc(-c3ccccc3C)c2)n1. The summed E-state index contributed by atoms with van der Waals surface area (Å²) in [6.07, 6.45) is 1.80. The van der Waals surface area contributed by atoms with Crippen molar-refractivity contribution in [1.29, 1.82) is 0 Å². The van der Waals surface area contributed by atoms with Crippen molar-refractivity contribution in [2.75, 3.05) is 0 Å². The van der Waals surface area contributed by atoms with Crippen molar-refractivity contribution in [1.82, 2.24) is 19.9 Å². The van der Waals surface area contributed by atoms with Gasteiger partial charge in [0.2, 0.25) is 0 Å². The molecule has 0 saturated heterocycles. The topological polar surface area (TPSA) is 51.6 Å².